The van der Waals surface area contributed by atoms with Crippen LogP contribution in [0.4, 0.5) is 0 Å². The van der Waals surface area contributed by atoms with Gasteiger partial charge in [-0.1, -0.05) is 18.9 Å². The molecule has 2 rings (SSSR count). The Kier molecular flexibility index (Phi) is 8.29. The third kappa shape index (κ3) is 5.92. The molecule has 182 valence electrons. The van der Waals surface area contributed by atoms with Crippen LogP contribution in [0.5, 0.6) is 5.88 Å². The Hall–Kier alpha value is -2.46. The van der Waals surface area contributed by atoms with E-state index < -0.39 is 25.7 Å². The molecule has 0 atom stereocenters. The van der Waals surface area contributed by atoms with Gasteiger partial charge in [-0.2, -0.15) is 13.5 Å². The highest BCUT2D eigenvalue weighted by Crippen LogP contribution is 2.33. The molecule has 0 aliphatic carbocycles. The minimum atomic E-state index is -3.91. The van der Waals surface area contributed by atoms with Gasteiger partial charge in [-0.05, 0) is 69.9 Å². The minimum absolute atomic E-state index is 0.00734. The first kappa shape index (κ1) is 26.8. The molecule has 0 aliphatic heterocycles. The number of hydrogen-bond donors (Lipinski definition) is 0. The van der Waals surface area contributed by atoms with E-state index in [0.717, 1.165) is 17.4 Å². The minimum Gasteiger partial charge on any atom is -0.361 e. The number of hydrogen-bond acceptors (Lipinski definition) is 7. The van der Waals surface area contributed by atoms with Crippen LogP contribution in [0.15, 0.2) is 28.8 Å². The van der Waals surface area contributed by atoms with Crippen LogP contribution in [-0.4, -0.2) is 44.4 Å². The number of allylic oxidation sites excluding steroid dienone is 2. The van der Waals surface area contributed by atoms with Crippen molar-refractivity contribution >= 4 is 31.3 Å². The molecule has 1 aromatic heterocycles. The van der Waals surface area contributed by atoms with Gasteiger partial charge in [0.2, 0.25) is 5.88 Å². The van der Waals surface area contributed by atoms with Crippen LogP contribution < -0.4 is 4.18 Å². The highest BCUT2D eigenvalue weighted by Gasteiger charge is 2.28. The third-order valence-corrected chi connectivity index (χ3v) is 7.82. The second-order valence-corrected chi connectivity index (χ2v) is 11.9. The van der Waals surface area contributed by atoms with Crippen LogP contribution in [0, 0.1) is 6.92 Å². The van der Waals surface area contributed by atoms with E-state index in [-0.39, 0.29) is 27.7 Å². The quantitative estimate of drug-likeness (QED) is 0.358. The van der Waals surface area contributed by atoms with Gasteiger partial charge in [0.05, 0.1) is 16.8 Å². The highest BCUT2D eigenvalue weighted by molar-refractivity contribution is 7.90. The number of carbonyl (C=O) groups is 1. The van der Waals surface area contributed by atoms with Crippen molar-refractivity contribution in [3.8, 4) is 5.88 Å². The normalized spacial score (nSPS) is 12.0. The zero-order chi connectivity index (χ0) is 25.1. The van der Waals surface area contributed by atoms with Crippen molar-refractivity contribution in [1.29, 1.82) is 0 Å². The summed E-state index contributed by atoms with van der Waals surface area (Å²) < 4.78 is 56.3. The van der Waals surface area contributed by atoms with E-state index >= 15 is 0 Å². The molecule has 0 bridgehead atoms. The van der Waals surface area contributed by atoms with Crippen molar-refractivity contribution in [1.82, 2.24) is 9.78 Å². The van der Waals surface area contributed by atoms with Crippen LogP contribution >= 0.6 is 0 Å². The van der Waals surface area contributed by atoms with Crippen molar-refractivity contribution in [3.63, 3.8) is 0 Å². The van der Waals surface area contributed by atoms with Crippen LogP contribution in [0.3, 0.4) is 0 Å². The highest BCUT2D eigenvalue weighted by atomic mass is 32.2. The van der Waals surface area contributed by atoms with E-state index in [4.69, 9.17) is 4.18 Å². The summed E-state index contributed by atoms with van der Waals surface area (Å²) in [6, 6.07) is 2.87. The van der Waals surface area contributed by atoms with Crippen LogP contribution in [0.2, 0.25) is 0 Å². The standard InChI is InChI=1S/C23H32N2O6S2/c1-8-10-13-33(29,30)31-23-19(14-24-25(23)9-2)22(26)18-11-12-20(32(7,27)28)21(17(18)6)16(5)15(3)4/h11-12,14H,8-10,13H2,1-7H3. The summed E-state index contributed by atoms with van der Waals surface area (Å²) in [5, 5.41) is 4.12. The lowest BCUT2D eigenvalue weighted by Gasteiger charge is -2.17. The molecule has 0 unspecified atom stereocenters. The molecule has 33 heavy (non-hydrogen) atoms. The predicted octanol–water partition coefficient (Wildman–Crippen LogP) is 4.17. The van der Waals surface area contributed by atoms with Gasteiger partial charge in [-0.3, -0.25) is 4.79 Å². The molecule has 0 amide bonds. The lowest BCUT2D eigenvalue weighted by molar-refractivity contribution is 0.103. The topological polar surface area (TPSA) is 112 Å². The van der Waals surface area contributed by atoms with Crippen LogP contribution in [-0.2, 0) is 26.5 Å². The molecule has 0 radical (unpaired) electrons. The first-order chi connectivity index (χ1) is 15.2. The number of ketones is 1. The third-order valence-electron chi connectivity index (χ3n) is 5.48. The number of carbonyl (C=O) groups excluding carboxylic acids is 1. The summed E-state index contributed by atoms with van der Waals surface area (Å²) in [6.07, 6.45) is 3.53. The van der Waals surface area contributed by atoms with Crippen molar-refractivity contribution < 1.29 is 25.8 Å². The molecule has 1 heterocycles. The smallest absolute Gasteiger partial charge is 0.310 e. The van der Waals surface area contributed by atoms with Crippen molar-refractivity contribution in [3.05, 3.63) is 46.2 Å². The van der Waals surface area contributed by atoms with Gasteiger partial charge in [0.25, 0.3) is 0 Å². The Bertz CT molecular complexity index is 1300. The van der Waals surface area contributed by atoms with E-state index in [1.165, 1.54) is 23.0 Å². The molecular weight excluding hydrogens is 464 g/mol. The SMILES string of the molecule is CCCCS(=O)(=O)Oc1c(C(=O)c2ccc(S(C)(=O)=O)c(C(C)=C(C)C)c2C)cnn1CC. The van der Waals surface area contributed by atoms with Gasteiger partial charge in [-0.25, -0.2) is 13.1 Å². The summed E-state index contributed by atoms with van der Waals surface area (Å²) in [6.45, 7) is 11.2. The zero-order valence-corrected chi connectivity index (χ0v) is 21.9. The van der Waals surface area contributed by atoms with Crippen molar-refractivity contribution in [2.24, 2.45) is 0 Å². The Balaban J connectivity index is 2.70. The molecule has 0 spiro atoms. The summed E-state index contributed by atoms with van der Waals surface area (Å²) in [5.41, 5.74) is 2.90. The Morgan fingerprint density at radius 1 is 1.06 bits per heavy atom. The maximum Gasteiger partial charge on any atom is 0.310 e. The van der Waals surface area contributed by atoms with Gasteiger partial charge in [-0.15, -0.1) is 0 Å². The average molecular weight is 497 g/mol. The van der Waals surface area contributed by atoms with E-state index in [0.29, 0.717) is 30.5 Å². The summed E-state index contributed by atoms with van der Waals surface area (Å²) in [4.78, 5) is 13.7. The molecule has 0 saturated carbocycles. The fourth-order valence-electron chi connectivity index (χ4n) is 3.43. The summed E-state index contributed by atoms with van der Waals surface area (Å²) in [5.74, 6) is -0.792. The Labute approximate surface area is 196 Å². The lowest BCUT2D eigenvalue weighted by Crippen LogP contribution is -2.18. The number of rotatable bonds is 10. The van der Waals surface area contributed by atoms with Gasteiger partial charge in [0, 0.05) is 18.4 Å². The molecule has 0 aliphatic rings. The molecule has 8 nitrogen and oxygen atoms in total. The maximum absolute atomic E-state index is 13.5. The fraction of sp³-hybridized carbons (Fsp3) is 0.478. The van der Waals surface area contributed by atoms with Crippen LogP contribution in [0.25, 0.3) is 5.57 Å². The maximum atomic E-state index is 13.5. The zero-order valence-electron chi connectivity index (χ0n) is 20.2. The van der Waals surface area contributed by atoms with Crippen molar-refractivity contribution in [2.45, 2.75) is 65.8 Å². The number of nitrogens with zero attached hydrogens (tertiary/aromatic N) is 2. The van der Waals surface area contributed by atoms with Gasteiger partial charge >= 0.3 is 10.1 Å². The second kappa shape index (κ2) is 10.2. The van der Waals surface area contributed by atoms with E-state index in [1.54, 1.807) is 13.8 Å². The fourth-order valence-corrected chi connectivity index (χ4v) is 5.56. The molecule has 0 fully saturated rings. The number of aromatic nitrogens is 2. The number of aryl methyl sites for hydroxylation is 1. The largest absolute Gasteiger partial charge is 0.361 e. The summed E-state index contributed by atoms with van der Waals surface area (Å²) >= 11 is 0. The number of sulfone groups is 1. The average Bonchev–Trinajstić information content (AvgIpc) is 3.12. The second-order valence-electron chi connectivity index (χ2n) is 8.22. The Morgan fingerprint density at radius 3 is 2.21 bits per heavy atom. The van der Waals surface area contributed by atoms with Gasteiger partial charge < -0.3 is 4.18 Å². The Morgan fingerprint density at radius 2 is 1.70 bits per heavy atom. The van der Waals surface area contributed by atoms with E-state index in [2.05, 4.69) is 5.10 Å². The molecule has 2 aromatic rings. The monoisotopic (exact) mass is 496 g/mol. The van der Waals surface area contributed by atoms with Crippen LogP contribution in [0.1, 0.15) is 74.5 Å². The van der Waals surface area contributed by atoms with E-state index in [9.17, 15) is 21.6 Å². The lowest BCUT2D eigenvalue weighted by atomic mass is 9.91. The number of benzene rings is 1. The molecule has 10 heteroatoms. The first-order valence-electron chi connectivity index (χ1n) is 10.8. The number of unbranched alkanes of at least 4 members (excludes halogenated alkanes) is 1. The summed E-state index contributed by atoms with van der Waals surface area (Å²) in [7, 11) is -7.45. The van der Waals surface area contributed by atoms with Gasteiger partial charge in [0.1, 0.15) is 5.56 Å². The van der Waals surface area contributed by atoms with E-state index in [1.807, 2.05) is 27.7 Å². The first-order valence-corrected chi connectivity index (χ1v) is 14.2. The molecule has 1 aromatic carbocycles. The molecule has 0 saturated heterocycles. The van der Waals surface area contributed by atoms with Crippen molar-refractivity contribution in [2.75, 3.05) is 12.0 Å². The molecular formula is C23H32N2O6S2. The molecule has 0 N–H and O–H groups in total. The predicted molar refractivity (Wildman–Crippen MR) is 129 cm³/mol. The van der Waals surface area contributed by atoms with Gasteiger partial charge in [0.15, 0.2) is 15.6 Å².